The van der Waals surface area contributed by atoms with Gasteiger partial charge in [-0.15, -0.1) is 0 Å². The van der Waals surface area contributed by atoms with E-state index < -0.39 is 4.30 Å². The Morgan fingerprint density at radius 3 is 1.62 bits per heavy atom. The molecule has 50 valence electrons. The van der Waals surface area contributed by atoms with Crippen molar-refractivity contribution in [3.05, 3.63) is 0 Å². The minimum Gasteiger partial charge on any atom is -0.373 e. The predicted molar refractivity (Wildman–Crippen MR) is 36.8 cm³/mol. The molecular weight excluding hydrogens is 170 g/mol. The second kappa shape index (κ2) is 4.68. The fraction of sp³-hybridized carbons (Fsp3) is 1.00. The van der Waals surface area contributed by atoms with Crippen LogP contribution in [0.5, 0.6) is 0 Å². The molecule has 0 N–H and O–H groups in total. The second-order valence-electron chi connectivity index (χ2n) is 1.39. The minimum absolute atomic E-state index is 0.583. The van der Waals surface area contributed by atoms with E-state index in [4.69, 9.17) is 39.5 Å². The Labute approximate surface area is 63.9 Å². The van der Waals surface area contributed by atoms with E-state index in [1.165, 1.54) is 0 Å². The van der Waals surface area contributed by atoms with E-state index in [0.29, 0.717) is 6.10 Å². The van der Waals surface area contributed by atoms with Crippen LogP contribution in [0.15, 0.2) is 0 Å². The Hall–Kier alpha value is 0.830. The van der Waals surface area contributed by atoms with E-state index >= 15 is 0 Å². The zero-order valence-electron chi connectivity index (χ0n) is 4.40. The molecule has 0 aromatic rings. The molecule has 4 heteroatoms. The van der Waals surface area contributed by atoms with Gasteiger partial charge in [-0.05, 0) is 6.92 Å². The summed E-state index contributed by atoms with van der Waals surface area (Å²) in [6, 6.07) is 0. The summed E-state index contributed by atoms with van der Waals surface area (Å²) in [5.41, 5.74) is 0. The number of hydrogen-bond donors (Lipinski definition) is 0. The standard InChI is InChI=1S/C3H6O.CHCl3/c1-3-2-4-3;2-1(3)4/h3H,2H2,1H3;1H. The first kappa shape index (κ1) is 8.83. The molecular formula is C4H7Cl3O. The molecule has 0 spiro atoms. The van der Waals surface area contributed by atoms with Gasteiger partial charge in [-0.25, -0.2) is 0 Å². The van der Waals surface area contributed by atoms with E-state index in [1.54, 1.807) is 0 Å². The molecule has 1 aliphatic heterocycles. The van der Waals surface area contributed by atoms with Crippen LogP contribution in [0.2, 0.25) is 0 Å². The summed E-state index contributed by atoms with van der Waals surface area (Å²) >= 11 is 14.4. The molecule has 0 amide bonds. The number of hydrogen-bond acceptors (Lipinski definition) is 1. The van der Waals surface area contributed by atoms with Crippen LogP contribution in [0.4, 0.5) is 0 Å². The smallest absolute Gasteiger partial charge is 0.180 e. The van der Waals surface area contributed by atoms with Crippen LogP contribution in [0.25, 0.3) is 0 Å². The Morgan fingerprint density at radius 2 is 1.62 bits per heavy atom. The Morgan fingerprint density at radius 1 is 1.50 bits per heavy atom. The summed E-state index contributed by atoms with van der Waals surface area (Å²) < 4.78 is 3.96. The maximum Gasteiger partial charge on any atom is 0.180 e. The molecule has 0 radical (unpaired) electrons. The third kappa shape index (κ3) is 15.8. The zero-order valence-corrected chi connectivity index (χ0v) is 6.67. The topological polar surface area (TPSA) is 12.5 Å². The lowest BCUT2D eigenvalue weighted by Gasteiger charge is -1.69. The number of ether oxygens (including phenoxy) is 1. The molecule has 1 fully saturated rings. The van der Waals surface area contributed by atoms with Crippen molar-refractivity contribution in [2.45, 2.75) is 17.3 Å². The minimum atomic E-state index is -0.750. The Balaban J connectivity index is 0.000000122. The van der Waals surface area contributed by atoms with Crippen molar-refractivity contribution in [1.82, 2.24) is 0 Å². The van der Waals surface area contributed by atoms with Crippen LogP contribution >= 0.6 is 34.8 Å². The highest BCUT2D eigenvalue weighted by Gasteiger charge is 2.13. The molecule has 0 aromatic heterocycles. The summed E-state index contributed by atoms with van der Waals surface area (Å²) in [4.78, 5) is 0. The summed E-state index contributed by atoms with van der Waals surface area (Å²) in [6.45, 7) is 3.04. The first-order chi connectivity index (χ1) is 3.63. The van der Waals surface area contributed by atoms with Gasteiger partial charge in [0.05, 0.1) is 12.7 Å². The largest absolute Gasteiger partial charge is 0.373 e. The SMILES string of the molecule is CC1CO1.ClC(Cl)Cl. The van der Waals surface area contributed by atoms with Gasteiger partial charge in [0, 0.05) is 0 Å². The van der Waals surface area contributed by atoms with Gasteiger partial charge in [-0.2, -0.15) is 0 Å². The molecule has 8 heavy (non-hydrogen) atoms. The van der Waals surface area contributed by atoms with Crippen molar-refractivity contribution in [3.63, 3.8) is 0 Å². The van der Waals surface area contributed by atoms with Crippen molar-refractivity contribution in [3.8, 4) is 0 Å². The van der Waals surface area contributed by atoms with Gasteiger partial charge in [0.2, 0.25) is 0 Å². The zero-order chi connectivity index (χ0) is 6.57. The predicted octanol–water partition coefficient (Wildman–Crippen LogP) is 2.39. The molecule has 0 saturated carbocycles. The molecule has 1 atom stereocenters. The van der Waals surface area contributed by atoms with Crippen LogP contribution in [0.3, 0.4) is 0 Å². The van der Waals surface area contributed by atoms with E-state index in [0.717, 1.165) is 6.61 Å². The van der Waals surface area contributed by atoms with Gasteiger partial charge in [-0.1, -0.05) is 34.8 Å². The van der Waals surface area contributed by atoms with E-state index in [9.17, 15) is 0 Å². The van der Waals surface area contributed by atoms with E-state index in [2.05, 4.69) is 6.92 Å². The highest BCUT2D eigenvalue weighted by atomic mass is 35.6. The van der Waals surface area contributed by atoms with Gasteiger partial charge in [0.25, 0.3) is 0 Å². The fourth-order valence-corrected chi connectivity index (χ4v) is 0.0962. The summed E-state index contributed by atoms with van der Waals surface area (Å²) in [5.74, 6) is 0. The first-order valence-corrected chi connectivity index (χ1v) is 3.47. The lowest BCUT2D eigenvalue weighted by molar-refractivity contribution is 0.423. The average molecular weight is 177 g/mol. The average Bonchev–Trinajstić information content (AvgIpc) is 2.19. The third-order valence-electron chi connectivity index (χ3n) is 0.500. The lowest BCUT2D eigenvalue weighted by Crippen LogP contribution is -1.60. The second-order valence-corrected chi connectivity index (χ2v) is 3.37. The monoisotopic (exact) mass is 176 g/mol. The molecule has 1 aliphatic rings. The first-order valence-electron chi connectivity index (χ1n) is 2.16. The van der Waals surface area contributed by atoms with Crippen LogP contribution in [0.1, 0.15) is 6.92 Å². The van der Waals surface area contributed by atoms with Gasteiger partial charge < -0.3 is 4.74 Å². The van der Waals surface area contributed by atoms with E-state index in [1.807, 2.05) is 0 Å². The number of epoxide rings is 1. The van der Waals surface area contributed by atoms with Gasteiger partial charge in [0.1, 0.15) is 0 Å². The summed E-state index contributed by atoms with van der Waals surface area (Å²) in [5, 5.41) is 0. The van der Waals surface area contributed by atoms with Gasteiger partial charge in [0.15, 0.2) is 4.30 Å². The highest BCUT2D eigenvalue weighted by molar-refractivity contribution is 6.63. The third-order valence-corrected chi connectivity index (χ3v) is 0.500. The molecule has 1 rings (SSSR count). The van der Waals surface area contributed by atoms with Crippen molar-refractivity contribution < 1.29 is 4.74 Å². The molecule has 1 saturated heterocycles. The Bertz CT molecular complexity index is 50.5. The van der Waals surface area contributed by atoms with Gasteiger partial charge >= 0.3 is 0 Å². The molecule has 0 aliphatic carbocycles. The quantitative estimate of drug-likeness (QED) is 0.409. The molecule has 0 bridgehead atoms. The van der Waals surface area contributed by atoms with Crippen molar-refractivity contribution in [2.24, 2.45) is 0 Å². The van der Waals surface area contributed by atoms with Crippen molar-refractivity contribution in [2.75, 3.05) is 6.61 Å². The van der Waals surface area contributed by atoms with Gasteiger partial charge in [-0.3, -0.25) is 0 Å². The van der Waals surface area contributed by atoms with Crippen LogP contribution in [-0.2, 0) is 4.74 Å². The fourth-order valence-electron chi connectivity index (χ4n) is 0.0962. The number of alkyl halides is 3. The molecule has 1 nitrogen and oxygen atoms in total. The molecule has 1 heterocycles. The maximum atomic E-state index is 4.81. The molecule has 0 aromatic carbocycles. The normalized spacial score (nSPS) is 24.4. The summed E-state index contributed by atoms with van der Waals surface area (Å²) in [6.07, 6.45) is 0.583. The highest BCUT2D eigenvalue weighted by Crippen LogP contribution is 2.04. The maximum absolute atomic E-state index is 4.81. The number of halogens is 3. The van der Waals surface area contributed by atoms with Crippen LogP contribution in [0, 0.1) is 0 Å². The van der Waals surface area contributed by atoms with Crippen LogP contribution < -0.4 is 0 Å². The van der Waals surface area contributed by atoms with Crippen molar-refractivity contribution >= 4 is 34.8 Å². The number of rotatable bonds is 0. The van der Waals surface area contributed by atoms with Crippen LogP contribution in [-0.4, -0.2) is 17.0 Å². The Kier molecular flexibility index (Phi) is 5.17. The van der Waals surface area contributed by atoms with Crippen molar-refractivity contribution in [1.29, 1.82) is 0 Å². The van der Waals surface area contributed by atoms with E-state index in [-0.39, 0.29) is 0 Å². The molecule has 1 unspecified atom stereocenters. The summed E-state index contributed by atoms with van der Waals surface area (Å²) in [7, 11) is 0. The lowest BCUT2D eigenvalue weighted by atomic mass is 10.6.